The van der Waals surface area contributed by atoms with E-state index in [4.69, 9.17) is 4.99 Å². The number of hydrogen-bond donors (Lipinski definition) is 3. The first-order valence-electron chi connectivity index (χ1n) is 12.0. The molecule has 3 N–H and O–H groups in total. The summed E-state index contributed by atoms with van der Waals surface area (Å²) in [5.74, 6) is 0.943. The van der Waals surface area contributed by atoms with Crippen LogP contribution in [0.2, 0.25) is 0 Å². The molecule has 0 spiro atoms. The van der Waals surface area contributed by atoms with Gasteiger partial charge in [-0.15, -0.1) is 0 Å². The molecule has 3 fully saturated rings. The van der Waals surface area contributed by atoms with Gasteiger partial charge in [0.25, 0.3) is 0 Å². The predicted octanol–water partition coefficient (Wildman–Crippen LogP) is 2.33. The molecule has 6 heteroatoms. The molecule has 0 bridgehead atoms. The number of hydrogen-bond acceptors (Lipinski definition) is 4. The first kappa shape index (κ1) is 21.6. The molecule has 0 amide bonds. The maximum absolute atomic E-state index is 9.66. The second kappa shape index (κ2) is 10.6. The van der Waals surface area contributed by atoms with E-state index >= 15 is 0 Å². The molecule has 1 aliphatic carbocycles. The molecule has 0 aromatic heterocycles. The molecule has 2 heterocycles. The fourth-order valence-corrected chi connectivity index (χ4v) is 4.62. The van der Waals surface area contributed by atoms with Gasteiger partial charge in [-0.1, -0.05) is 24.3 Å². The van der Waals surface area contributed by atoms with Crippen LogP contribution in [-0.4, -0.2) is 71.8 Å². The van der Waals surface area contributed by atoms with Crippen molar-refractivity contribution in [1.82, 2.24) is 20.4 Å². The number of nitrogens with zero attached hydrogens (tertiary/aromatic N) is 3. The van der Waals surface area contributed by atoms with E-state index in [1.165, 1.54) is 49.9 Å². The van der Waals surface area contributed by atoms with Gasteiger partial charge >= 0.3 is 0 Å². The second-order valence-electron chi connectivity index (χ2n) is 9.20. The van der Waals surface area contributed by atoms with Crippen LogP contribution in [0.15, 0.2) is 29.3 Å². The van der Waals surface area contributed by atoms with Gasteiger partial charge in [-0.25, -0.2) is 4.99 Å². The number of piperidine rings is 2. The minimum atomic E-state index is -0.105. The Hall–Kier alpha value is -1.63. The lowest BCUT2D eigenvalue weighted by atomic mass is 10.1. The Kier molecular flexibility index (Phi) is 7.63. The summed E-state index contributed by atoms with van der Waals surface area (Å²) < 4.78 is 0. The number of nitrogens with one attached hydrogen (secondary N) is 2. The number of likely N-dealkylation sites (tertiary alicyclic amines) is 2. The Morgan fingerprint density at radius 1 is 0.967 bits per heavy atom. The van der Waals surface area contributed by atoms with E-state index < -0.39 is 0 Å². The van der Waals surface area contributed by atoms with Crippen molar-refractivity contribution in [2.24, 2.45) is 4.99 Å². The van der Waals surface area contributed by atoms with Gasteiger partial charge in [0.2, 0.25) is 0 Å². The summed E-state index contributed by atoms with van der Waals surface area (Å²) in [6.07, 6.45) is 6.92. The van der Waals surface area contributed by atoms with Crippen LogP contribution < -0.4 is 10.6 Å². The fraction of sp³-hybridized carbons (Fsp3) is 0.708. The van der Waals surface area contributed by atoms with Gasteiger partial charge in [-0.3, -0.25) is 4.90 Å². The van der Waals surface area contributed by atoms with Gasteiger partial charge in [0, 0.05) is 51.4 Å². The first-order chi connectivity index (χ1) is 14.7. The molecule has 1 saturated carbocycles. The van der Waals surface area contributed by atoms with Crippen molar-refractivity contribution in [1.29, 1.82) is 0 Å². The van der Waals surface area contributed by atoms with Crippen LogP contribution in [0.25, 0.3) is 0 Å². The van der Waals surface area contributed by atoms with Crippen LogP contribution in [0.5, 0.6) is 0 Å². The van der Waals surface area contributed by atoms with Gasteiger partial charge in [-0.05, 0) is 56.6 Å². The zero-order valence-corrected chi connectivity index (χ0v) is 18.5. The van der Waals surface area contributed by atoms with Crippen LogP contribution in [0.4, 0.5) is 0 Å². The molecule has 2 saturated heterocycles. The summed E-state index contributed by atoms with van der Waals surface area (Å²) in [6.45, 7) is 9.11. The molecule has 4 rings (SSSR count). The Balaban J connectivity index is 1.25. The molecule has 166 valence electrons. The average Bonchev–Trinajstić information content (AvgIpc) is 3.61. The Bertz CT molecular complexity index is 671. The molecule has 30 heavy (non-hydrogen) atoms. The number of rotatable bonds is 7. The van der Waals surface area contributed by atoms with Crippen molar-refractivity contribution in [2.45, 2.75) is 76.7 Å². The summed E-state index contributed by atoms with van der Waals surface area (Å²) in [5, 5.41) is 16.7. The highest BCUT2D eigenvalue weighted by molar-refractivity contribution is 5.80. The summed E-state index contributed by atoms with van der Waals surface area (Å²) in [7, 11) is 0. The highest BCUT2D eigenvalue weighted by atomic mass is 16.3. The zero-order valence-electron chi connectivity index (χ0n) is 18.5. The van der Waals surface area contributed by atoms with Gasteiger partial charge in [0.05, 0.1) is 12.6 Å². The highest BCUT2D eigenvalue weighted by Crippen LogP contribution is 2.29. The maximum atomic E-state index is 9.66. The lowest BCUT2D eigenvalue weighted by molar-refractivity contribution is 0.0792. The van der Waals surface area contributed by atoms with Gasteiger partial charge in [0.15, 0.2) is 5.96 Å². The van der Waals surface area contributed by atoms with Crippen molar-refractivity contribution in [3.63, 3.8) is 0 Å². The SMILES string of the molecule is CCNC(=NCc1ccc(CN2CCC(O)CC2)cc1)NC1CCN(C2CC2)CC1. The van der Waals surface area contributed by atoms with Gasteiger partial charge < -0.3 is 20.6 Å². The largest absolute Gasteiger partial charge is 0.393 e. The number of benzene rings is 1. The van der Waals surface area contributed by atoms with E-state index in [0.29, 0.717) is 12.6 Å². The monoisotopic (exact) mass is 413 g/mol. The second-order valence-corrected chi connectivity index (χ2v) is 9.20. The lowest BCUT2D eigenvalue weighted by Gasteiger charge is -2.33. The van der Waals surface area contributed by atoms with Crippen molar-refractivity contribution >= 4 is 5.96 Å². The molecule has 0 atom stereocenters. The molecular formula is C24H39N5O. The Labute approximate surface area is 181 Å². The van der Waals surface area contributed by atoms with Gasteiger partial charge in [-0.2, -0.15) is 0 Å². The third kappa shape index (κ3) is 6.43. The summed E-state index contributed by atoms with van der Waals surface area (Å²) in [4.78, 5) is 9.94. The van der Waals surface area contributed by atoms with Crippen molar-refractivity contribution in [3.8, 4) is 0 Å². The number of guanidine groups is 1. The molecular weight excluding hydrogens is 374 g/mol. The predicted molar refractivity (Wildman–Crippen MR) is 123 cm³/mol. The third-order valence-corrected chi connectivity index (χ3v) is 6.68. The summed E-state index contributed by atoms with van der Waals surface area (Å²) in [6, 6.07) is 10.3. The summed E-state index contributed by atoms with van der Waals surface area (Å²) >= 11 is 0. The van der Waals surface area contributed by atoms with Crippen LogP contribution in [0, 0.1) is 0 Å². The normalized spacial score (nSPS) is 22.9. The number of aliphatic hydroxyl groups is 1. The molecule has 1 aromatic carbocycles. The molecule has 0 unspecified atom stereocenters. The number of aliphatic imine (C=N–C) groups is 1. The zero-order chi connectivity index (χ0) is 20.8. The molecule has 0 radical (unpaired) electrons. The molecule has 1 aromatic rings. The maximum Gasteiger partial charge on any atom is 0.191 e. The topological polar surface area (TPSA) is 63.1 Å². The van der Waals surface area contributed by atoms with E-state index in [-0.39, 0.29) is 6.10 Å². The van der Waals surface area contributed by atoms with Crippen LogP contribution in [-0.2, 0) is 13.1 Å². The fourth-order valence-electron chi connectivity index (χ4n) is 4.62. The van der Waals surface area contributed by atoms with Crippen molar-refractivity contribution < 1.29 is 5.11 Å². The minimum Gasteiger partial charge on any atom is -0.393 e. The standard InChI is InChI=1S/C24H39N5O/c1-2-25-24(27-21-9-15-29(16-10-21)22-7-8-22)26-17-19-3-5-20(6-4-19)18-28-13-11-23(30)12-14-28/h3-6,21-23,30H,2,7-18H2,1H3,(H2,25,26,27). The molecule has 2 aliphatic heterocycles. The smallest absolute Gasteiger partial charge is 0.191 e. The van der Waals surface area contributed by atoms with E-state index in [1.807, 2.05) is 0 Å². The highest BCUT2D eigenvalue weighted by Gasteiger charge is 2.31. The molecule has 6 nitrogen and oxygen atoms in total. The van der Waals surface area contributed by atoms with Crippen LogP contribution in [0.1, 0.15) is 56.6 Å². The lowest BCUT2D eigenvalue weighted by Crippen LogP contribution is -2.49. The van der Waals surface area contributed by atoms with E-state index in [1.54, 1.807) is 0 Å². The Morgan fingerprint density at radius 2 is 1.63 bits per heavy atom. The number of aliphatic hydroxyl groups excluding tert-OH is 1. The van der Waals surface area contributed by atoms with Crippen LogP contribution in [0.3, 0.4) is 0 Å². The van der Waals surface area contributed by atoms with E-state index in [0.717, 1.165) is 51.0 Å². The first-order valence-corrected chi connectivity index (χ1v) is 12.0. The van der Waals surface area contributed by atoms with E-state index in [2.05, 4.69) is 51.6 Å². The molecule has 3 aliphatic rings. The quantitative estimate of drug-likeness (QED) is 0.473. The van der Waals surface area contributed by atoms with Crippen molar-refractivity contribution in [3.05, 3.63) is 35.4 Å². The van der Waals surface area contributed by atoms with Crippen molar-refractivity contribution in [2.75, 3.05) is 32.7 Å². The average molecular weight is 414 g/mol. The third-order valence-electron chi connectivity index (χ3n) is 6.68. The minimum absolute atomic E-state index is 0.105. The Morgan fingerprint density at radius 3 is 2.27 bits per heavy atom. The van der Waals surface area contributed by atoms with Gasteiger partial charge in [0.1, 0.15) is 0 Å². The van der Waals surface area contributed by atoms with E-state index in [9.17, 15) is 5.11 Å². The van der Waals surface area contributed by atoms with Crippen LogP contribution >= 0.6 is 0 Å². The summed E-state index contributed by atoms with van der Waals surface area (Å²) in [5.41, 5.74) is 2.58.